The lowest BCUT2D eigenvalue weighted by atomic mass is 10.1. The lowest BCUT2D eigenvalue weighted by molar-refractivity contribution is -0.137. The largest absolute Gasteiger partial charge is 0.416 e. The molecule has 0 radical (unpaired) electrons. The summed E-state index contributed by atoms with van der Waals surface area (Å²) in [7, 11) is 0. The number of halogens is 3. The molecule has 0 saturated heterocycles. The van der Waals surface area contributed by atoms with Crippen LogP contribution in [0, 0.1) is 6.92 Å². The fraction of sp³-hybridized carbons (Fsp3) is 0.200. The van der Waals surface area contributed by atoms with E-state index in [2.05, 4.69) is 30.9 Å². The van der Waals surface area contributed by atoms with E-state index in [1.165, 1.54) is 12.1 Å². The van der Waals surface area contributed by atoms with E-state index < -0.39 is 17.6 Å². The van der Waals surface area contributed by atoms with Crippen molar-refractivity contribution in [1.29, 1.82) is 0 Å². The maximum Gasteiger partial charge on any atom is 0.416 e. The van der Waals surface area contributed by atoms with Crippen molar-refractivity contribution in [3.8, 4) is 0 Å². The fourth-order valence-electron chi connectivity index (χ4n) is 2.60. The van der Waals surface area contributed by atoms with Crippen molar-refractivity contribution in [3.05, 3.63) is 71.7 Å². The molecule has 0 fully saturated rings. The van der Waals surface area contributed by atoms with Crippen molar-refractivity contribution in [2.24, 2.45) is 0 Å². The lowest BCUT2D eigenvalue weighted by Crippen LogP contribution is -2.29. The van der Waals surface area contributed by atoms with Gasteiger partial charge in [0.05, 0.1) is 5.56 Å². The minimum Gasteiger partial charge on any atom is -0.368 e. The van der Waals surface area contributed by atoms with Crippen molar-refractivity contribution < 1.29 is 18.0 Å². The van der Waals surface area contributed by atoms with Crippen LogP contribution in [0.2, 0.25) is 0 Å². The highest BCUT2D eigenvalue weighted by Crippen LogP contribution is 2.29. The van der Waals surface area contributed by atoms with Gasteiger partial charge in [-0.15, -0.1) is 0 Å². The van der Waals surface area contributed by atoms with Crippen LogP contribution in [0.4, 0.5) is 30.6 Å². The Morgan fingerprint density at radius 3 is 2.50 bits per heavy atom. The van der Waals surface area contributed by atoms with Crippen LogP contribution in [0.3, 0.4) is 0 Å². The first-order valence-electron chi connectivity index (χ1n) is 9.04. The average molecular weight is 416 g/mol. The van der Waals surface area contributed by atoms with Crippen LogP contribution in [-0.2, 0) is 6.18 Å². The number of hydrogen-bond donors (Lipinski definition) is 3. The van der Waals surface area contributed by atoms with Crippen molar-refractivity contribution in [3.63, 3.8) is 0 Å². The van der Waals surface area contributed by atoms with Gasteiger partial charge in [0.1, 0.15) is 23.3 Å². The molecule has 0 saturated carbocycles. The van der Waals surface area contributed by atoms with E-state index in [1.807, 2.05) is 6.07 Å². The summed E-state index contributed by atoms with van der Waals surface area (Å²) in [6.07, 6.45) is -2.84. The van der Waals surface area contributed by atoms with Gasteiger partial charge in [0.15, 0.2) is 0 Å². The molecule has 0 spiro atoms. The molecule has 3 rings (SSSR count). The van der Waals surface area contributed by atoms with E-state index in [1.54, 1.807) is 31.3 Å². The quantitative estimate of drug-likeness (QED) is 0.508. The monoisotopic (exact) mass is 416 g/mol. The molecule has 0 bridgehead atoms. The van der Waals surface area contributed by atoms with Crippen molar-refractivity contribution in [1.82, 2.24) is 20.3 Å². The zero-order valence-electron chi connectivity index (χ0n) is 16.0. The third kappa shape index (κ3) is 5.90. The summed E-state index contributed by atoms with van der Waals surface area (Å²) in [5.74, 6) is 1.67. The summed E-state index contributed by atoms with van der Waals surface area (Å²) < 4.78 is 38.3. The molecule has 0 aliphatic carbocycles. The van der Waals surface area contributed by atoms with Gasteiger partial charge in [-0.1, -0.05) is 12.1 Å². The van der Waals surface area contributed by atoms with E-state index in [0.29, 0.717) is 29.8 Å². The molecule has 3 N–H and O–H groups in total. The summed E-state index contributed by atoms with van der Waals surface area (Å²) in [4.78, 5) is 24.8. The number of anilines is 3. The van der Waals surface area contributed by atoms with Gasteiger partial charge in [-0.25, -0.2) is 15.0 Å². The third-order valence-electron chi connectivity index (χ3n) is 3.93. The fourth-order valence-corrected chi connectivity index (χ4v) is 2.60. The molecule has 156 valence electrons. The van der Waals surface area contributed by atoms with Crippen LogP contribution in [0.25, 0.3) is 0 Å². The van der Waals surface area contributed by atoms with E-state index in [0.717, 1.165) is 12.1 Å². The normalized spacial score (nSPS) is 11.1. The van der Waals surface area contributed by atoms with Crippen LogP contribution in [0.1, 0.15) is 21.7 Å². The summed E-state index contributed by atoms with van der Waals surface area (Å²) in [6.45, 7) is 2.26. The van der Waals surface area contributed by atoms with Crippen LogP contribution in [-0.4, -0.2) is 33.9 Å². The van der Waals surface area contributed by atoms with E-state index in [9.17, 15) is 18.0 Å². The number of pyridine rings is 1. The Kier molecular flexibility index (Phi) is 6.45. The number of aryl methyl sites for hydroxylation is 1. The van der Waals surface area contributed by atoms with Gasteiger partial charge in [-0.05, 0) is 37.3 Å². The average Bonchev–Trinajstić information content (AvgIpc) is 2.71. The summed E-state index contributed by atoms with van der Waals surface area (Å²) in [5, 5.41) is 8.70. The molecule has 0 aliphatic heterocycles. The molecule has 10 heteroatoms. The van der Waals surface area contributed by atoms with E-state index >= 15 is 0 Å². The Balaban J connectivity index is 1.53. The maximum absolute atomic E-state index is 12.8. The highest BCUT2D eigenvalue weighted by Gasteiger charge is 2.30. The SMILES string of the molecule is Cc1nc(NCCNC(=O)c2cccc(C(F)(F)F)c2)cc(Nc2ccccn2)n1. The number of nitrogens with zero attached hydrogens (tertiary/aromatic N) is 3. The Bertz CT molecular complexity index is 1010. The summed E-state index contributed by atoms with van der Waals surface area (Å²) in [5.41, 5.74) is -0.915. The third-order valence-corrected chi connectivity index (χ3v) is 3.93. The second kappa shape index (κ2) is 9.21. The van der Waals surface area contributed by atoms with Gasteiger partial charge in [0.25, 0.3) is 5.91 Å². The zero-order valence-corrected chi connectivity index (χ0v) is 16.0. The number of hydrogen-bond acceptors (Lipinski definition) is 6. The number of amides is 1. The lowest BCUT2D eigenvalue weighted by Gasteiger charge is -2.11. The number of carbonyl (C=O) groups is 1. The van der Waals surface area contributed by atoms with Crippen LogP contribution in [0.15, 0.2) is 54.7 Å². The second-order valence-electron chi connectivity index (χ2n) is 6.29. The van der Waals surface area contributed by atoms with Gasteiger partial charge in [0.2, 0.25) is 0 Å². The van der Waals surface area contributed by atoms with Crippen molar-refractivity contribution >= 4 is 23.4 Å². The molecule has 3 aromatic rings. The van der Waals surface area contributed by atoms with Crippen molar-refractivity contribution in [2.75, 3.05) is 23.7 Å². The molecular weight excluding hydrogens is 397 g/mol. The standard InChI is InChI=1S/C20H19F3N6O/c1-13-27-17(12-18(28-13)29-16-7-2-3-8-24-16)25-9-10-26-19(30)14-5-4-6-15(11-14)20(21,22)23/h2-8,11-12H,9-10H2,1H3,(H,26,30)(H2,24,25,27,28,29). The number of carbonyl (C=O) groups excluding carboxylic acids is 1. The molecule has 1 amide bonds. The smallest absolute Gasteiger partial charge is 0.368 e. The first-order valence-corrected chi connectivity index (χ1v) is 9.04. The van der Waals surface area contributed by atoms with Gasteiger partial charge >= 0.3 is 6.18 Å². The topological polar surface area (TPSA) is 91.8 Å². The maximum atomic E-state index is 12.8. The molecule has 2 aromatic heterocycles. The predicted octanol–water partition coefficient (Wildman–Crippen LogP) is 3.78. The minimum absolute atomic E-state index is 0.0513. The van der Waals surface area contributed by atoms with Gasteiger partial charge in [-0.2, -0.15) is 13.2 Å². The van der Waals surface area contributed by atoms with Crippen LogP contribution >= 0.6 is 0 Å². The highest BCUT2D eigenvalue weighted by molar-refractivity contribution is 5.94. The first kappa shape index (κ1) is 21.0. The molecule has 0 unspecified atom stereocenters. The van der Waals surface area contributed by atoms with Crippen LogP contribution < -0.4 is 16.0 Å². The van der Waals surface area contributed by atoms with Crippen molar-refractivity contribution in [2.45, 2.75) is 13.1 Å². The number of alkyl halides is 3. The summed E-state index contributed by atoms with van der Waals surface area (Å²) >= 11 is 0. The number of aromatic nitrogens is 3. The van der Waals surface area contributed by atoms with E-state index in [4.69, 9.17) is 0 Å². The summed E-state index contributed by atoms with van der Waals surface area (Å²) in [6, 6.07) is 11.4. The Hall–Kier alpha value is -3.69. The van der Waals surface area contributed by atoms with E-state index in [-0.39, 0.29) is 12.1 Å². The zero-order chi connectivity index (χ0) is 21.6. The molecule has 2 heterocycles. The molecule has 1 aromatic carbocycles. The molecule has 7 nitrogen and oxygen atoms in total. The number of rotatable bonds is 7. The van der Waals surface area contributed by atoms with Crippen LogP contribution in [0.5, 0.6) is 0 Å². The van der Waals surface area contributed by atoms with Gasteiger partial charge < -0.3 is 16.0 Å². The highest BCUT2D eigenvalue weighted by atomic mass is 19.4. The molecule has 0 atom stereocenters. The molecular formula is C20H19F3N6O. The minimum atomic E-state index is -4.50. The first-order chi connectivity index (χ1) is 14.3. The number of nitrogens with one attached hydrogen (secondary N) is 3. The second-order valence-corrected chi connectivity index (χ2v) is 6.29. The Labute approximate surface area is 170 Å². The Morgan fingerprint density at radius 2 is 1.77 bits per heavy atom. The van der Waals surface area contributed by atoms with Gasteiger partial charge in [0, 0.05) is 30.9 Å². The van der Waals surface area contributed by atoms with Gasteiger partial charge in [-0.3, -0.25) is 4.79 Å². The predicted molar refractivity (Wildman–Crippen MR) is 107 cm³/mol. The molecule has 0 aliphatic rings. The number of benzene rings is 1. The molecule has 30 heavy (non-hydrogen) atoms. The Morgan fingerprint density at radius 1 is 0.967 bits per heavy atom.